The van der Waals surface area contributed by atoms with E-state index >= 15 is 0 Å². The zero-order valence-electron chi connectivity index (χ0n) is 14.5. The number of amides is 1. The van der Waals surface area contributed by atoms with Crippen molar-refractivity contribution in [3.8, 4) is 11.5 Å². The molecule has 1 heterocycles. The summed E-state index contributed by atoms with van der Waals surface area (Å²) >= 11 is 0. The van der Waals surface area contributed by atoms with Gasteiger partial charge in [-0.1, -0.05) is 0 Å². The second-order valence-electron chi connectivity index (χ2n) is 5.67. The van der Waals surface area contributed by atoms with E-state index in [-0.39, 0.29) is 11.6 Å². The number of esters is 1. The maximum absolute atomic E-state index is 13.5. The van der Waals surface area contributed by atoms with Crippen LogP contribution in [0.15, 0.2) is 51.7 Å². The number of halogens is 3. The van der Waals surface area contributed by atoms with Crippen molar-refractivity contribution in [3.63, 3.8) is 0 Å². The van der Waals surface area contributed by atoms with Gasteiger partial charge in [-0.15, -0.1) is 5.10 Å². The molecular weight excluding hydrogens is 395 g/mol. The lowest BCUT2D eigenvalue weighted by molar-refractivity contribution is -0.148. The van der Waals surface area contributed by atoms with Gasteiger partial charge >= 0.3 is 11.7 Å². The minimum absolute atomic E-state index is 0.132. The zero-order chi connectivity index (χ0) is 21.0. The number of nitrogens with zero attached hydrogens (tertiary/aromatic N) is 2. The van der Waals surface area contributed by atoms with Crippen LogP contribution < -0.4 is 11.1 Å². The Labute approximate surface area is 160 Å². The third-order valence-corrected chi connectivity index (χ3v) is 3.55. The van der Waals surface area contributed by atoms with Gasteiger partial charge in [0, 0.05) is 11.6 Å². The van der Waals surface area contributed by atoms with Crippen LogP contribution in [-0.4, -0.2) is 28.3 Å². The van der Waals surface area contributed by atoms with Crippen LogP contribution in [0.5, 0.6) is 0 Å². The largest absolute Gasteiger partial charge is 0.454 e. The number of anilines is 1. The first-order chi connectivity index (χ1) is 13.8. The summed E-state index contributed by atoms with van der Waals surface area (Å²) in [5, 5.41) is 5.90. The molecule has 0 aliphatic carbocycles. The number of carbonyl (C=O) groups is 2. The fourth-order valence-electron chi connectivity index (χ4n) is 2.21. The number of carbonyl (C=O) groups excluding carboxylic acids is 2. The smallest absolute Gasteiger partial charge is 0.437 e. The molecule has 8 nitrogen and oxygen atoms in total. The first-order valence-corrected chi connectivity index (χ1v) is 8.06. The molecule has 3 aromatic rings. The van der Waals surface area contributed by atoms with Gasteiger partial charge in [0.25, 0.3) is 5.91 Å². The number of benzene rings is 2. The fraction of sp³-hybridized carbons (Fsp3) is 0.111. The van der Waals surface area contributed by atoms with Gasteiger partial charge in [-0.2, -0.15) is 4.68 Å². The van der Waals surface area contributed by atoms with E-state index in [1.807, 2.05) is 0 Å². The monoisotopic (exact) mass is 407 g/mol. The molecule has 150 valence electrons. The van der Waals surface area contributed by atoms with E-state index in [4.69, 9.17) is 9.15 Å². The SMILES string of the molecule is O=C(COC(=O)Cn1nc(-c2ccc(F)cc2)oc1=O)Nc1ccc(F)cc1F. The Hall–Kier alpha value is -3.89. The Morgan fingerprint density at radius 3 is 2.45 bits per heavy atom. The number of aromatic nitrogens is 2. The van der Waals surface area contributed by atoms with Crippen molar-refractivity contribution in [1.82, 2.24) is 9.78 Å². The minimum Gasteiger partial charge on any atom is -0.454 e. The van der Waals surface area contributed by atoms with Gasteiger partial charge in [0.1, 0.15) is 24.0 Å². The maximum Gasteiger partial charge on any atom is 0.437 e. The first kappa shape index (κ1) is 19.9. The molecular formula is C18H12F3N3O5. The van der Waals surface area contributed by atoms with Gasteiger partial charge < -0.3 is 14.5 Å². The summed E-state index contributed by atoms with van der Waals surface area (Å²) in [5.41, 5.74) is 0.0282. The number of hydrogen-bond acceptors (Lipinski definition) is 6. The summed E-state index contributed by atoms with van der Waals surface area (Å²) in [6.07, 6.45) is 0. The van der Waals surface area contributed by atoms with Gasteiger partial charge in [0.2, 0.25) is 5.89 Å². The maximum atomic E-state index is 13.5. The molecule has 2 aromatic carbocycles. The molecule has 0 fully saturated rings. The summed E-state index contributed by atoms with van der Waals surface area (Å²) in [7, 11) is 0. The Balaban J connectivity index is 1.56. The second kappa shape index (κ2) is 8.42. The normalized spacial score (nSPS) is 10.6. The van der Waals surface area contributed by atoms with E-state index < -0.39 is 48.2 Å². The zero-order valence-corrected chi connectivity index (χ0v) is 14.5. The average molecular weight is 407 g/mol. The molecule has 0 unspecified atom stereocenters. The number of nitrogens with one attached hydrogen (secondary N) is 1. The van der Waals surface area contributed by atoms with Gasteiger partial charge in [-0.25, -0.2) is 18.0 Å². The Kier molecular flexibility index (Phi) is 5.77. The van der Waals surface area contributed by atoms with Crippen molar-refractivity contribution in [2.45, 2.75) is 6.54 Å². The van der Waals surface area contributed by atoms with Crippen LogP contribution in [0.4, 0.5) is 18.9 Å². The van der Waals surface area contributed by atoms with Crippen molar-refractivity contribution in [1.29, 1.82) is 0 Å². The summed E-state index contributed by atoms with van der Waals surface area (Å²) in [6, 6.07) is 7.49. The second-order valence-corrected chi connectivity index (χ2v) is 5.67. The van der Waals surface area contributed by atoms with Crippen LogP contribution in [0.25, 0.3) is 11.5 Å². The van der Waals surface area contributed by atoms with Crippen molar-refractivity contribution in [2.24, 2.45) is 0 Å². The van der Waals surface area contributed by atoms with E-state index in [2.05, 4.69) is 10.4 Å². The molecule has 0 aliphatic rings. The first-order valence-electron chi connectivity index (χ1n) is 8.06. The Morgan fingerprint density at radius 2 is 1.76 bits per heavy atom. The third kappa shape index (κ3) is 5.09. The van der Waals surface area contributed by atoms with Crippen molar-refractivity contribution in [3.05, 3.63) is 70.5 Å². The van der Waals surface area contributed by atoms with E-state index in [0.29, 0.717) is 16.3 Å². The lowest BCUT2D eigenvalue weighted by Gasteiger charge is -2.07. The molecule has 3 rings (SSSR count). The lowest BCUT2D eigenvalue weighted by atomic mass is 10.2. The van der Waals surface area contributed by atoms with E-state index in [1.54, 1.807) is 0 Å². The highest BCUT2D eigenvalue weighted by Gasteiger charge is 2.16. The molecule has 0 radical (unpaired) electrons. The molecule has 1 amide bonds. The molecule has 11 heteroatoms. The topological polar surface area (TPSA) is 103 Å². The Bertz CT molecular complexity index is 1110. The van der Waals surface area contributed by atoms with E-state index in [0.717, 1.165) is 24.3 Å². The minimum atomic E-state index is -0.993. The van der Waals surface area contributed by atoms with E-state index in [1.165, 1.54) is 12.1 Å². The summed E-state index contributed by atoms with van der Waals surface area (Å²) < 4.78 is 49.5. The summed E-state index contributed by atoms with van der Waals surface area (Å²) in [4.78, 5) is 35.3. The molecule has 29 heavy (non-hydrogen) atoms. The quantitative estimate of drug-likeness (QED) is 0.628. The predicted octanol–water partition coefficient (Wildman–Crippen LogP) is 2.10. The highest BCUT2D eigenvalue weighted by Crippen LogP contribution is 2.16. The van der Waals surface area contributed by atoms with Crippen LogP contribution >= 0.6 is 0 Å². The highest BCUT2D eigenvalue weighted by molar-refractivity contribution is 5.92. The molecule has 0 spiro atoms. The highest BCUT2D eigenvalue weighted by atomic mass is 19.1. The lowest BCUT2D eigenvalue weighted by Crippen LogP contribution is -2.26. The van der Waals surface area contributed by atoms with Crippen molar-refractivity contribution < 1.29 is 31.9 Å². The predicted molar refractivity (Wildman–Crippen MR) is 92.1 cm³/mol. The molecule has 0 saturated heterocycles. The number of ether oxygens (including phenoxy) is 1. The van der Waals surface area contributed by atoms with Crippen molar-refractivity contribution in [2.75, 3.05) is 11.9 Å². The van der Waals surface area contributed by atoms with Crippen LogP contribution in [0.2, 0.25) is 0 Å². The van der Waals surface area contributed by atoms with Crippen LogP contribution in [0.1, 0.15) is 0 Å². The molecule has 1 aromatic heterocycles. The molecule has 0 saturated carbocycles. The van der Waals surface area contributed by atoms with Crippen molar-refractivity contribution >= 4 is 17.6 Å². The molecule has 0 aliphatic heterocycles. The Morgan fingerprint density at radius 1 is 1.07 bits per heavy atom. The van der Waals surface area contributed by atoms with Gasteiger partial charge in [0.15, 0.2) is 6.61 Å². The summed E-state index contributed by atoms with van der Waals surface area (Å²) in [5.74, 6) is -5.24. The van der Waals surface area contributed by atoms with Gasteiger partial charge in [-0.3, -0.25) is 9.59 Å². The number of hydrogen-bond donors (Lipinski definition) is 1. The van der Waals surface area contributed by atoms with Crippen LogP contribution in [0.3, 0.4) is 0 Å². The average Bonchev–Trinajstić information content (AvgIpc) is 3.03. The van der Waals surface area contributed by atoms with Gasteiger partial charge in [-0.05, 0) is 36.4 Å². The van der Waals surface area contributed by atoms with Crippen LogP contribution in [0, 0.1) is 17.5 Å². The molecule has 0 atom stereocenters. The number of rotatable bonds is 6. The van der Waals surface area contributed by atoms with E-state index in [9.17, 15) is 27.6 Å². The fourth-order valence-corrected chi connectivity index (χ4v) is 2.21. The third-order valence-electron chi connectivity index (χ3n) is 3.55. The molecule has 0 bridgehead atoms. The van der Waals surface area contributed by atoms with Crippen LogP contribution in [-0.2, 0) is 20.9 Å². The van der Waals surface area contributed by atoms with Gasteiger partial charge in [0.05, 0.1) is 5.69 Å². The molecule has 1 N–H and O–H groups in total. The summed E-state index contributed by atoms with van der Waals surface area (Å²) in [6.45, 7) is -1.42. The standard InChI is InChI=1S/C18H12F3N3O5/c19-11-3-1-10(2-4-11)17-23-24(18(27)29-17)8-16(26)28-9-15(25)22-14-6-5-12(20)7-13(14)21/h1-7H,8-9H2,(H,22,25).